The van der Waals surface area contributed by atoms with Crippen LogP contribution in [0.2, 0.25) is 0 Å². The Morgan fingerprint density at radius 1 is 0.800 bits per heavy atom. The smallest absolute Gasteiger partial charge is 0.0137 e. The van der Waals surface area contributed by atoms with Crippen LogP contribution >= 0.6 is 0 Å². The van der Waals surface area contributed by atoms with Crippen LogP contribution in [0.4, 0.5) is 0 Å². The van der Waals surface area contributed by atoms with Gasteiger partial charge in [0.25, 0.3) is 0 Å². The molecule has 20 heavy (non-hydrogen) atoms. The lowest BCUT2D eigenvalue weighted by molar-refractivity contribution is 0.505. The molecular weight excluding hydrogens is 242 g/mol. The van der Waals surface area contributed by atoms with Crippen molar-refractivity contribution in [2.75, 3.05) is 13.1 Å². The summed E-state index contributed by atoms with van der Waals surface area (Å²) in [4.78, 5) is 0. The molecule has 0 aliphatic rings. The van der Waals surface area contributed by atoms with Crippen molar-refractivity contribution in [3.8, 4) is 0 Å². The van der Waals surface area contributed by atoms with Gasteiger partial charge in [0.15, 0.2) is 0 Å². The van der Waals surface area contributed by atoms with E-state index in [1.165, 1.54) is 76.3 Å². The Balaban J connectivity index is 3.01. The van der Waals surface area contributed by atoms with Gasteiger partial charge in [-0.2, -0.15) is 0 Å². The molecule has 1 heteroatoms. The third-order valence-corrected chi connectivity index (χ3v) is 3.79. The number of nitrogens with one attached hydrogen (secondary N) is 1. The summed E-state index contributed by atoms with van der Waals surface area (Å²) >= 11 is 0. The minimum absolute atomic E-state index is 0.889. The molecule has 0 aromatic carbocycles. The predicted octanol–water partition coefficient (Wildman–Crippen LogP) is 6.10. The zero-order valence-electron chi connectivity index (χ0n) is 14.6. The van der Waals surface area contributed by atoms with Gasteiger partial charge in [-0.05, 0) is 32.7 Å². The standard InChI is InChI=1S/C19H39N/c1-18(2)14-12-10-8-6-5-7-9-11-13-16-20-17-15-19(3)4/h15,18,20H,5-14,16-17H2,1-4H3. The molecule has 0 amide bonds. The zero-order chi connectivity index (χ0) is 15.1. The van der Waals surface area contributed by atoms with Gasteiger partial charge in [0.1, 0.15) is 0 Å². The summed E-state index contributed by atoms with van der Waals surface area (Å²) in [5.41, 5.74) is 1.41. The quantitative estimate of drug-likeness (QED) is 0.300. The number of allylic oxidation sites excluding steroid dienone is 1. The van der Waals surface area contributed by atoms with E-state index in [-0.39, 0.29) is 0 Å². The summed E-state index contributed by atoms with van der Waals surface area (Å²) < 4.78 is 0. The van der Waals surface area contributed by atoms with Crippen molar-refractivity contribution in [2.45, 2.75) is 91.9 Å². The van der Waals surface area contributed by atoms with E-state index in [9.17, 15) is 0 Å². The molecule has 0 aromatic heterocycles. The highest BCUT2D eigenvalue weighted by Gasteiger charge is 1.95. The Kier molecular flexibility index (Phi) is 14.9. The Hall–Kier alpha value is -0.300. The van der Waals surface area contributed by atoms with Gasteiger partial charge in [-0.15, -0.1) is 0 Å². The molecule has 0 aliphatic carbocycles. The number of hydrogen-bond donors (Lipinski definition) is 1. The van der Waals surface area contributed by atoms with Crippen molar-refractivity contribution in [3.05, 3.63) is 11.6 Å². The van der Waals surface area contributed by atoms with Gasteiger partial charge in [-0.3, -0.25) is 0 Å². The topological polar surface area (TPSA) is 12.0 Å². The molecule has 0 radical (unpaired) electrons. The van der Waals surface area contributed by atoms with Crippen LogP contribution in [-0.4, -0.2) is 13.1 Å². The minimum Gasteiger partial charge on any atom is -0.313 e. The first-order valence-electron chi connectivity index (χ1n) is 8.97. The van der Waals surface area contributed by atoms with Crippen molar-refractivity contribution in [3.63, 3.8) is 0 Å². The number of rotatable bonds is 14. The lowest BCUT2D eigenvalue weighted by Crippen LogP contribution is -2.15. The molecule has 0 saturated carbocycles. The van der Waals surface area contributed by atoms with E-state index in [1.807, 2.05) is 0 Å². The Labute approximate surface area is 128 Å². The molecule has 0 rings (SSSR count). The predicted molar refractivity (Wildman–Crippen MR) is 93.3 cm³/mol. The molecule has 120 valence electrons. The van der Waals surface area contributed by atoms with Crippen molar-refractivity contribution >= 4 is 0 Å². The second-order valence-corrected chi connectivity index (χ2v) is 6.85. The van der Waals surface area contributed by atoms with Crippen molar-refractivity contribution in [1.29, 1.82) is 0 Å². The van der Waals surface area contributed by atoms with E-state index in [0.29, 0.717) is 0 Å². The fourth-order valence-electron chi connectivity index (χ4n) is 2.42. The van der Waals surface area contributed by atoms with E-state index in [1.54, 1.807) is 0 Å². The van der Waals surface area contributed by atoms with Crippen molar-refractivity contribution < 1.29 is 0 Å². The third kappa shape index (κ3) is 17.7. The molecule has 0 aliphatic heterocycles. The fraction of sp³-hybridized carbons (Fsp3) is 0.895. The van der Waals surface area contributed by atoms with E-state index >= 15 is 0 Å². The van der Waals surface area contributed by atoms with Crippen LogP contribution in [-0.2, 0) is 0 Å². The summed E-state index contributed by atoms with van der Waals surface area (Å²) in [6.45, 7) is 11.2. The van der Waals surface area contributed by atoms with E-state index in [0.717, 1.165) is 12.5 Å². The molecule has 0 spiro atoms. The van der Waals surface area contributed by atoms with Crippen LogP contribution in [0.15, 0.2) is 11.6 Å². The lowest BCUT2D eigenvalue weighted by atomic mass is 10.0. The summed E-state index contributed by atoms with van der Waals surface area (Å²) in [5, 5.41) is 3.47. The maximum Gasteiger partial charge on any atom is 0.0137 e. The first-order valence-corrected chi connectivity index (χ1v) is 8.97. The van der Waals surface area contributed by atoms with E-state index in [4.69, 9.17) is 0 Å². The Morgan fingerprint density at radius 3 is 1.80 bits per heavy atom. The second-order valence-electron chi connectivity index (χ2n) is 6.85. The number of hydrogen-bond acceptors (Lipinski definition) is 1. The highest BCUT2D eigenvalue weighted by Crippen LogP contribution is 2.12. The maximum atomic E-state index is 3.47. The van der Waals surface area contributed by atoms with Crippen LogP contribution < -0.4 is 5.32 Å². The van der Waals surface area contributed by atoms with Gasteiger partial charge in [0.2, 0.25) is 0 Å². The second kappa shape index (κ2) is 15.1. The first-order chi connectivity index (χ1) is 9.63. The summed E-state index contributed by atoms with van der Waals surface area (Å²) in [6, 6.07) is 0. The van der Waals surface area contributed by atoms with Crippen molar-refractivity contribution in [2.24, 2.45) is 5.92 Å². The van der Waals surface area contributed by atoms with Gasteiger partial charge in [-0.1, -0.05) is 83.3 Å². The van der Waals surface area contributed by atoms with Crippen molar-refractivity contribution in [1.82, 2.24) is 5.32 Å². The van der Waals surface area contributed by atoms with Crippen LogP contribution in [0.5, 0.6) is 0 Å². The van der Waals surface area contributed by atoms with E-state index < -0.39 is 0 Å². The highest BCUT2D eigenvalue weighted by atomic mass is 14.8. The molecule has 0 bridgehead atoms. The van der Waals surface area contributed by atoms with Crippen LogP contribution in [0, 0.1) is 5.92 Å². The average Bonchev–Trinajstić information content (AvgIpc) is 2.38. The van der Waals surface area contributed by atoms with Gasteiger partial charge >= 0.3 is 0 Å². The third-order valence-electron chi connectivity index (χ3n) is 3.79. The van der Waals surface area contributed by atoms with Gasteiger partial charge in [0, 0.05) is 6.54 Å². The monoisotopic (exact) mass is 281 g/mol. The molecule has 0 heterocycles. The van der Waals surface area contributed by atoms with Crippen LogP contribution in [0.25, 0.3) is 0 Å². The molecule has 0 saturated heterocycles. The molecule has 0 fully saturated rings. The molecular formula is C19H39N. The molecule has 0 atom stereocenters. The average molecular weight is 282 g/mol. The summed E-state index contributed by atoms with van der Waals surface area (Å²) in [7, 11) is 0. The lowest BCUT2D eigenvalue weighted by Gasteiger charge is -2.05. The fourth-order valence-corrected chi connectivity index (χ4v) is 2.42. The Morgan fingerprint density at radius 2 is 1.30 bits per heavy atom. The van der Waals surface area contributed by atoms with Gasteiger partial charge in [-0.25, -0.2) is 0 Å². The molecule has 1 N–H and O–H groups in total. The van der Waals surface area contributed by atoms with Gasteiger partial charge < -0.3 is 5.32 Å². The van der Waals surface area contributed by atoms with Gasteiger partial charge in [0.05, 0.1) is 0 Å². The molecule has 0 aromatic rings. The first kappa shape index (κ1) is 19.7. The zero-order valence-corrected chi connectivity index (χ0v) is 14.6. The SMILES string of the molecule is CC(C)=CCNCCCCCCCCCCCC(C)C. The molecule has 1 nitrogen and oxygen atoms in total. The van der Waals surface area contributed by atoms with E-state index in [2.05, 4.69) is 39.1 Å². The summed E-state index contributed by atoms with van der Waals surface area (Å²) in [5.74, 6) is 0.889. The van der Waals surface area contributed by atoms with Crippen LogP contribution in [0.3, 0.4) is 0 Å². The van der Waals surface area contributed by atoms with Crippen LogP contribution in [0.1, 0.15) is 91.9 Å². The number of unbranched alkanes of at least 4 members (excludes halogenated alkanes) is 8. The summed E-state index contributed by atoms with van der Waals surface area (Å²) in [6.07, 6.45) is 16.5. The minimum atomic E-state index is 0.889. The molecule has 0 unspecified atom stereocenters. The maximum absolute atomic E-state index is 3.47. The largest absolute Gasteiger partial charge is 0.313 e. The Bertz CT molecular complexity index is 214. The highest BCUT2D eigenvalue weighted by molar-refractivity contribution is 4.94. The normalized spacial score (nSPS) is 11.1.